The first-order valence-electron chi connectivity index (χ1n) is 6.72. The number of aryl methyl sites for hydroxylation is 1. The first-order valence-corrected chi connectivity index (χ1v) is 7.70. The van der Waals surface area contributed by atoms with Gasteiger partial charge in [-0.25, -0.2) is 9.97 Å². The third-order valence-electron chi connectivity index (χ3n) is 3.16. The summed E-state index contributed by atoms with van der Waals surface area (Å²) in [6.07, 6.45) is 7.96. The molecule has 1 aromatic rings. The summed E-state index contributed by atoms with van der Waals surface area (Å²) in [6.45, 7) is 3.98. The van der Waals surface area contributed by atoms with E-state index in [0.29, 0.717) is 6.04 Å². The molecule has 0 radical (unpaired) electrons. The van der Waals surface area contributed by atoms with Gasteiger partial charge in [0.1, 0.15) is 5.54 Å². The minimum absolute atomic E-state index is 0.379. The second-order valence-corrected chi connectivity index (χ2v) is 6.42. The number of thioether (sulfide) groups is 1. The molecule has 0 spiro atoms. The maximum atomic E-state index is 9.26. The van der Waals surface area contributed by atoms with Gasteiger partial charge in [0.2, 0.25) is 0 Å². The smallest absolute Gasteiger partial charge is 0.187 e. The molecule has 1 heterocycles. The topological polar surface area (TPSA) is 61.6 Å². The van der Waals surface area contributed by atoms with Crippen molar-refractivity contribution in [2.75, 3.05) is 5.75 Å². The second-order valence-electron chi connectivity index (χ2n) is 5.36. The molecule has 19 heavy (non-hydrogen) atoms. The van der Waals surface area contributed by atoms with E-state index in [1.165, 1.54) is 12.8 Å². The Balaban J connectivity index is 1.70. The van der Waals surface area contributed by atoms with Crippen LogP contribution in [0.1, 0.15) is 38.2 Å². The van der Waals surface area contributed by atoms with Crippen molar-refractivity contribution in [1.82, 2.24) is 15.3 Å². The van der Waals surface area contributed by atoms with Crippen molar-refractivity contribution in [1.29, 1.82) is 5.26 Å². The van der Waals surface area contributed by atoms with E-state index in [0.717, 1.165) is 29.3 Å². The summed E-state index contributed by atoms with van der Waals surface area (Å²) in [7, 11) is 0. The molecule has 0 aliphatic heterocycles. The van der Waals surface area contributed by atoms with Gasteiger partial charge in [0.15, 0.2) is 5.16 Å². The van der Waals surface area contributed by atoms with Crippen LogP contribution in [0.15, 0.2) is 17.6 Å². The van der Waals surface area contributed by atoms with Crippen LogP contribution in [0.25, 0.3) is 0 Å². The molecule has 4 nitrogen and oxygen atoms in total. The van der Waals surface area contributed by atoms with Crippen LogP contribution in [0.5, 0.6) is 0 Å². The third-order valence-corrected chi connectivity index (χ3v) is 4.12. The van der Waals surface area contributed by atoms with Crippen LogP contribution in [0.2, 0.25) is 0 Å². The van der Waals surface area contributed by atoms with Gasteiger partial charge in [-0.1, -0.05) is 11.8 Å². The Bertz CT molecular complexity index is 450. The molecule has 1 fully saturated rings. The predicted octanol–water partition coefficient (Wildman–Crippen LogP) is 2.69. The molecule has 1 aliphatic rings. The number of nitrogens with one attached hydrogen (secondary N) is 1. The quantitative estimate of drug-likeness (QED) is 0.471. The standard InChI is InChI=1S/C14H20N4S/c1-11-8-16-13(17-9-11)19-7-3-6-14(2,10-15)18-12-4-5-12/h8-9,12,18H,3-7H2,1-2H3. The normalized spacial score (nSPS) is 17.7. The average Bonchev–Trinajstić information content (AvgIpc) is 3.21. The number of nitrogens with zero attached hydrogens (tertiary/aromatic N) is 3. The summed E-state index contributed by atoms with van der Waals surface area (Å²) in [5.41, 5.74) is 0.700. The highest BCUT2D eigenvalue weighted by Crippen LogP contribution is 2.25. The number of nitriles is 1. The zero-order valence-corrected chi connectivity index (χ0v) is 12.3. The first-order chi connectivity index (χ1) is 9.11. The Hall–Kier alpha value is -1.12. The van der Waals surface area contributed by atoms with Gasteiger partial charge in [0, 0.05) is 24.2 Å². The van der Waals surface area contributed by atoms with Crippen LogP contribution >= 0.6 is 11.8 Å². The molecule has 102 valence electrons. The van der Waals surface area contributed by atoms with E-state index in [4.69, 9.17) is 0 Å². The van der Waals surface area contributed by atoms with E-state index in [1.54, 1.807) is 11.8 Å². The van der Waals surface area contributed by atoms with Crippen LogP contribution in [-0.4, -0.2) is 27.3 Å². The molecule has 0 saturated heterocycles. The molecule has 2 rings (SSSR count). The van der Waals surface area contributed by atoms with Crippen LogP contribution in [0, 0.1) is 18.3 Å². The fraction of sp³-hybridized carbons (Fsp3) is 0.643. The Kier molecular flexibility index (Phi) is 4.78. The van der Waals surface area contributed by atoms with E-state index in [2.05, 4.69) is 21.4 Å². The summed E-state index contributed by atoms with van der Waals surface area (Å²) in [4.78, 5) is 8.52. The maximum absolute atomic E-state index is 9.26. The third kappa shape index (κ3) is 4.81. The van der Waals surface area contributed by atoms with Crippen LogP contribution < -0.4 is 5.32 Å². The van der Waals surface area contributed by atoms with E-state index in [9.17, 15) is 5.26 Å². The van der Waals surface area contributed by atoms with E-state index in [-0.39, 0.29) is 5.54 Å². The summed E-state index contributed by atoms with van der Waals surface area (Å²) in [5.74, 6) is 0.951. The van der Waals surface area contributed by atoms with Crippen LogP contribution in [0.4, 0.5) is 0 Å². The van der Waals surface area contributed by atoms with E-state index >= 15 is 0 Å². The highest BCUT2D eigenvalue weighted by molar-refractivity contribution is 7.99. The Morgan fingerprint density at radius 1 is 1.47 bits per heavy atom. The largest absolute Gasteiger partial charge is 0.297 e. The molecule has 1 aromatic heterocycles. The highest BCUT2D eigenvalue weighted by Gasteiger charge is 2.31. The fourth-order valence-electron chi connectivity index (χ4n) is 1.88. The lowest BCUT2D eigenvalue weighted by atomic mass is 9.98. The molecule has 1 N–H and O–H groups in total. The van der Waals surface area contributed by atoms with Crippen molar-refractivity contribution in [2.24, 2.45) is 0 Å². The molecule has 1 aliphatic carbocycles. The molecule has 1 saturated carbocycles. The monoisotopic (exact) mass is 276 g/mol. The Labute approximate surface area is 119 Å². The Morgan fingerprint density at radius 2 is 2.16 bits per heavy atom. The first kappa shape index (κ1) is 14.3. The van der Waals surface area contributed by atoms with Crippen molar-refractivity contribution >= 4 is 11.8 Å². The molecular weight excluding hydrogens is 256 g/mol. The average molecular weight is 276 g/mol. The number of hydrogen-bond donors (Lipinski definition) is 1. The van der Waals surface area contributed by atoms with Gasteiger partial charge in [0.05, 0.1) is 6.07 Å². The molecular formula is C14H20N4S. The van der Waals surface area contributed by atoms with E-state index < -0.39 is 0 Å². The van der Waals surface area contributed by atoms with Crippen LogP contribution in [-0.2, 0) is 0 Å². The SMILES string of the molecule is Cc1cnc(SCCCC(C)(C#N)NC2CC2)nc1. The lowest BCUT2D eigenvalue weighted by Gasteiger charge is -2.22. The van der Waals surface area contributed by atoms with Crippen molar-refractivity contribution < 1.29 is 0 Å². The van der Waals surface area contributed by atoms with Crippen molar-refractivity contribution in [3.63, 3.8) is 0 Å². The molecule has 0 bridgehead atoms. The van der Waals surface area contributed by atoms with Gasteiger partial charge in [-0.05, 0) is 45.1 Å². The second kappa shape index (κ2) is 6.36. The Morgan fingerprint density at radius 3 is 2.74 bits per heavy atom. The highest BCUT2D eigenvalue weighted by atomic mass is 32.2. The fourth-order valence-corrected chi connectivity index (χ4v) is 2.61. The van der Waals surface area contributed by atoms with Crippen molar-refractivity contribution in [3.05, 3.63) is 18.0 Å². The number of aromatic nitrogens is 2. The lowest BCUT2D eigenvalue weighted by molar-refractivity contribution is 0.411. The minimum atomic E-state index is -0.379. The van der Waals surface area contributed by atoms with Gasteiger partial charge in [-0.2, -0.15) is 5.26 Å². The number of rotatable bonds is 7. The van der Waals surface area contributed by atoms with Gasteiger partial charge in [-0.3, -0.25) is 5.32 Å². The summed E-state index contributed by atoms with van der Waals surface area (Å²) in [6, 6.07) is 2.97. The number of hydrogen-bond acceptors (Lipinski definition) is 5. The lowest BCUT2D eigenvalue weighted by Crippen LogP contribution is -2.42. The molecule has 1 atom stereocenters. The van der Waals surface area contributed by atoms with Gasteiger partial charge in [-0.15, -0.1) is 0 Å². The molecule has 5 heteroatoms. The summed E-state index contributed by atoms with van der Waals surface area (Å²) < 4.78 is 0. The molecule has 0 aromatic carbocycles. The van der Waals surface area contributed by atoms with E-state index in [1.807, 2.05) is 26.2 Å². The van der Waals surface area contributed by atoms with Crippen LogP contribution in [0.3, 0.4) is 0 Å². The van der Waals surface area contributed by atoms with Gasteiger partial charge in [0.25, 0.3) is 0 Å². The van der Waals surface area contributed by atoms with Crippen molar-refractivity contribution in [3.8, 4) is 6.07 Å². The van der Waals surface area contributed by atoms with Gasteiger partial charge < -0.3 is 0 Å². The zero-order chi connectivity index (χ0) is 13.7. The summed E-state index contributed by atoms with van der Waals surface area (Å²) in [5, 5.41) is 13.5. The summed E-state index contributed by atoms with van der Waals surface area (Å²) >= 11 is 1.66. The predicted molar refractivity (Wildman–Crippen MR) is 76.9 cm³/mol. The molecule has 1 unspecified atom stereocenters. The molecule has 0 amide bonds. The van der Waals surface area contributed by atoms with Crippen molar-refractivity contribution in [2.45, 2.75) is 56.3 Å². The minimum Gasteiger partial charge on any atom is -0.297 e. The zero-order valence-electron chi connectivity index (χ0n) is 11.5. The van der Waals surface area contributed by atoms with Gasteiger partial charge >= 0.3 is 0 Å². The maximum Gasteiger partial charge on any atom is 0.187 e.